The number of fused-ring (bicyclic) bond motifs is 1. The van der Waals surface area contributed by atoms with Crippen LogP contribution in [0.5, 0.6) is 5.75 Å². The molecule has 0 radical (unpaired) electrons. The predicted octanol–water partition coefficient (Wildman–Crippen LogP) is 2.53. The molecule has 0 aliphatic carbocycles. The summed E-state index contributed by atoms with van der Waals surface area (Å²) in [5, 5.41) is 23.2. The Morgan fingerprint density at radius 3 is 2.44 bits per heavy atom. The highest BCUT2D eigenvalue weighted by atomic mass is 16.5. The predicted molar refractivity (Wildman–Crippen MR) is 122 cm³/mol. The highest BCUT2D eigenvalue weighted by Crippen LogP contribution is 2.30. The molecule has 2 aromatic carbocycles. The van der Waals surface area contributed by atoms with Crippen molar-refractivity contribution in [2.24, 2.45) is 0 Å². The highest BCUT2D eigenvalue weighted by Gasteiger charge is 2.21. The van der Waals surface area contributed by atoms with E-state index in [4.69, 9.17) is 15.0 Å². The minimum absolute atomic E-state index is 0.0385. The minimum atomic E-state index is -0.215. The summed E-state index contributed by atoms with van der Waals surface area (Å²) < 4.78 is 11.2. The third-order valence-corrected chi connectivity index (χ3v) is 5.78. The van der Waals surface area contributed by atoms with Gasteiger partial charge < -0.3 is 25.2 Å². The summed E-state index contributed by atoms with van der Waals surface area (Å²) in [5.41, 5.74) is 10.8. The summed E-state index contributed by atoms with van der Waals surface area (Å²) in [6.45, 7) is 5.41. The lowest BCUT2D eigenvalue weighted by Crippen LogP contribution is -2.42. The van der Waals surface area contributed by atoms with E-state index in [9.17, 15) is 10.2 Å². The van der Waals surface area contributed by atoms with Crippen molar-refractivity contribution in [3.8, 4) is 28.6 Å². The first kappa shape index (κ1) is 22.3. The molecule has 0 saturated heterocycles. The fourth-order valence-electron chi connectivity index (χ4n) is 4.04. The van der Waals surface area contributed by atoms with Crippen molar-refractivity contribution in [3.63, 3.8) is 0 Å². The Hall–Kier alpha value is -2.94. The van der Waals surface area contributed by atoms with Crippen molar-refractivity contribution < 1.29 is 19.5 Å². The van der Waals surface area contributed by atoms with Crippen LogP contribution in [0.3, 0.4) is 0 Å². The maximum absolute atomic E-state index is 9.50. The Labute approximate surface area is 187 Å². The number of hydrogen-bond acceptors (Lipinski definition) is 8. The minimum Gasteiger partial charge on any atom is -0.489 e. The van der Waals surface area contributed by atoms with Crippen molar-refractivity contribution in [2.45, 2.75) is 38.8 Å². The highest BCUT2D eigenvalue weighted by molar-refractivity contribution is 5.67. The van der Waals surface area contributed by atoms with Crippen LogP contribution in [0.25, 0.3) is 22.8 Å². The van der Waals surface area contributed by atoms with E-state index in [-0.39, 0.29) is 25.4 Å². The van der Waals surface area contributed by atoms with E-state index in [1.165, 1.54) is 11.1 Å². The molecule has 0 bridgehead atoms. The van der Waals surface area contributed by atoms with E-state index in [1.54, 1.807) is 6.07 Å². The van der Waals surface area contributed by atoms with E-state index in [1.807, 2.05) is 32.0 Å². The summed E-state index contributed by atoms with van der Waals surface area (Å²) in [7, 11) is 0. The molecule has 2 heterocycles. The molecule has 0 saturated carbocycles. The van der Waals surface area contributed by atoms with E-state index < -0.39 is 0 Å². The molecule has 0 fully saturated rings. The summed E-state index contributed by atoms with van der Waals surface area (Å²) >= 11 is 0. The lowest BCUT2D eigenvalue weighted by atomic mass is 10.00. The third-order valence-electron chi connectivity index (χ3n) is 5.78. The molecular weight excluding hydrogens is 408 g/mol. The number of aromatic nitrogens is 2. The van der Waals surface area contributed by atoms with Gasteiger partial charge in [-0.1, -0.05) is 17.3 Å². The van der Waals surface area contributed by atoms with E-state index in [0.717, 1.165) is 37.1 Å². The molecule has 1 aliphatic rings. The van der Waals surface area contributed by atoms with Crippen LogP contribution in [0, 0.1) is 0 Å². The first-order valence-corrected chi connectivity index (χ1v) is 11.0. The summed E-state index contributed by atoms with van der Waals surface area (Å²) in [5.74, 6) is 1.55. The Kier molecular flexibility index (Phi) is 6.74. The van der Waals surface area contributed by atoms with Crippen molar-refractivity contribution >= 4 is 5.69 Å². The van der Waals surface area contributed by atoms with E-state index in [0.29, 0.717) is 23.2 Å². The molecule has 8 nitrogen and oxygen atoms in total. The zero-order valence-corrected chi connectivity index (χ0v) is 18.5. The zero-order chi connectivity index (χ0) is 22.7. The largest absolute Gasteiger partial charge is 0.489 e. The number of nitrogens with two attached hydrogens (primary N) is 1. The number of benzene rings is 2. The average molecular weight is 439 g/mol. The average Bonchev–Trinajstić information content (AvgIpc) is 3.18. The molecule has 0 atom stereocenters. The van der Waals surface area contributed by atoms with Crippen LogP contribution >= 0.6 is 0 Å². The summed E-state index contributed by atoms with van der Waals surface area (Å²) in [4.78, 5) is 6.72. The van der Waals surface area contributed by atoms with E-state index >= 15 is 0 Å². The fourth-order valence-corrected chi connectivity index (χ4v) is 4.04. The Bertz CT molecular complexity index is 1060. The normalized spacial score (nSPS) is 14.6. The second-order valence-electron chi connectivity index (χ2n) is 8.38. The summed E-state index contributed by atoms with van der Waals surface area (Å²) in [6.07, 6.45) is 1.74. The first-order chi connectivity index (χ1) is 15.5. The zero-order valence-electron chi connectivity index (χ0n) is 18.5. The molecule has 4 N–H and O–H groups in total. The molecule has 170 valence electrons. The lowest BCUT2D eigenvalue weighted by molar-refractivity contribution is 0.0769. The topological polar surface area (TPSA) is 118 Å². The van der Waals surface area contributed by atoms with Gasteiger partial charge in [0.25, 0.3) is 5.89 Å². The third kappa shape index (κ3) is 4.77. The molecule has 32 heavy (non-hydrogen) atoms. The molecule has 0 unspecified atom stereocenters. The van der Waals surface area contributed by atoms with Gasteiger partial charge in [0.2, 0.25) is 5.82 Å². The Morgan fingerprint density at radius 1 is 1.03 bits per heavy atom. The van der Waals surface area contributed by atoms with Crippen LogP contribution < -0.4 is 10.5 Å². The van der Waals surface area contributed by atoms with Crippen LogP contribution in [-0.2, 0) is 12.8 Å². The number of aliphatic hydroxyl groups is 2. The van der Waals surface area contributed by atoms with Gasteiger partial charge >= 0.3 is 0 Å². The summed E-state index contributed by atoms with van der Waals surface area (Å²) in [6, 6.07) is 11.5. The molecule has 0 spiro atoms. The monoisotopic (exact) mass is 438 g/mol. The lowest BCUT2D eigenvalue weighted by Gasteiger charge is -2.27. The molecule has 4 rings (SSSR count). The van der Waals surface area contributed by atoms with Gasteiger partial charge in [0, 0.05) is 24.2 Å². The van der Waals surface area contributed by atoms with Crippen molar-refractivity contribution in [3.05, 3.63) is 47.5 Å². The smallest absolute Gasteiger partial charge is 0.258 e. The van der Waals surface area contributed by atoms with Gasteiger partial charge in [0.1, 0.15) is 5.75 Å². The molecule has 1 aromatic heterocycles. The van der Waals surface area contributed by atoms with Crippen LogP contribution in [0.1, 0.15) is 25.0 Å². The number of rotatable bonds is 7. The van der Waals surface area contributed by atoms with Crippen molar-refractivity contribution in [1.82, 2.24) is 15.0 Å². The van der Waals surface area contributed by atoms with Gasteiger partial charge in [-0.2, -0.15) is 4.98 Å². The maximum atomic E-state index is 9.50. The van der Waals surface area contributed by atoms with Gasteiger partial charge in [-0.15, -0.1) is 0 Å². The van der Waals surface area contributed by atoms with E-state index in [2.05, 4.69) is 27.2 Å². The fraction of sp³-hybridized carbons (Fsp3) is 0.417. The van der Waals surface area contributed by atoms with Gasteiger partial charge in [0.15, 0.2) is 0 Å². The van der Waals surface area contributed by atoms with Crippen LogP contribution in [-0.4, -0.2) is 63.7 Å². The number of hydrogen-bond donors (Lipinski definition) is 3. The van der Waals surface area contributed by atoms with Crippen LogP contribution in [0.2, 0.25) is 0 Å². The first-order valence-electron chi connectivity index (χ1n) is 11.0. The van der Waals surface area contributed by atoms with Gasteiger partial charge in [-0.05, 0) is 62.1 Å². The standard InChI is InChI=1S/C24H30N4O4/c1-15(2)31-22-6-5-19(12-21(22)25)24-26-23(27-32-24)18-4-3-16-7-9-28(20(13-29)14-30)10-8-17(16)11-18/h3-6,11-12,15,20,29-30H,7-10,13-14,25H2,1-2H3. The molecule has 3 aromatic rings. The van der Waals surface area contributed by atoms with Crippen molar-refractivity contribution in [1.29, 1.82) is 0 Å². The molecular formula is C24H30N4O4. The van der Waals surface area contributed by atoms with Crippen LogP contribution in [0.4, 0.5) is 5.69 Å². The maximum Gasteiger partial charge on any atom is 0.258 e. The number of anilines is 1. The van der Waals surface area contributed by atoms with Gasteiger partial charge in [-0.3, -0.25) is 4.90 Å². The number of nitrogens with zero attached hydrogens (tertiary/aromatic N) is 3. The molecule has 0 amide bonds. The number of nitrogen functional groups attached to an aromatic ring is 1. The second kappa shape index (κ2) is 9.68. The number of ether oxygens (including phenoxy) is 1. The molecule has 8 heteroatoms. The quantitative estimate of drug-likeness (QED) is 0.482. The SMILES string of the molecule is CC(C)Oc1ccc(-c2nc(-c3ccc4c(c3)CCN(C(CO)CO)CC4)no2)cc1N. The van der Waals surface area contributed by atoms with Crippen molar-refractivity contribution in [2.75, 3.05) is 32.0 Å². The Morgan fingerprint density at radius 2 is 1.75 bits per heavy atom. The van der Waals surface area contributed by atoms with Gasteiger partial charge in [-0.25, -0.2) is 0 Å². The Balaban J connectivity index is 1.53. The van der Waals surface area contributed by atoms with Crippen LogP contribution in [0.15, 0.2) is 40.9 Å². The second-order valence-corrected chi connectivity index (χ2v) is 8.38. The molecule has 1 aliphatic heterocycles. The number of aliphatic hydroxyl groups excluding tert-OH is 2. The van der Waals surface area contributed by atoms with Gasteiger partial charge in [0.05, 0.1) is 31.0 Å².